The molecule has 1 rings (SSSR count). The molecule has 2 N–H and O–H groups in total. The maximum absolute atomic E-state index is 11.6. The van der Waals surface area contributed by atoms with Crippen LogP contribution < -0.4 is 10.7 Å². The van der Waals surface area contributed by atoms with E-state index in [2.05, 4.69) is 4.94 Å². The summed E-state index contributed by atoms with van der Waals surface area (Å²) in [7, 11) is 0. The Morgan fingerprint density at radius 3 is 2.77 bits per heavy atom. The van der Waals surface area contributed by atoms with Crippen LogP contribution in [0.2, 0.25) is 0 Å². The molecule has 6 heteroatoms. The monoisotopic (exact) mass is 204 g/mol. The number of nitrogen functional groups attached to an aromatic ring is 1. The van der Waals surface area contributed by atoms with Gasteiger partial charge in [-0.15, -0.1) is 0 Å². The fourth-order valence-corrected chi connectivity index (χ4v) is 1.40. The first kappa shape index (κ1) is 9.94. The summed E-state index contributed by atoms with van der Waals surface area (Å²) in [5.74, 6) is -0.226. The van der Waals surface area contributed by atoms with Gasteiger partial charge in [0, 0.05) is 22.0 Å². The van der Waals surface area contributed by atoms with E-state index in [4.69, 9.17) is 5.73 Å². The molecule has 0 saturated carbocycles. The molecule has 0 aliphatic carbocycles. The van der Waals surface area contributed by atoms with Gasteiger partial charge < -0.3 is 10.3 Å². The number of hydrogen-bond acceptors (Lipinski definition) is 4. The molecule has 0 fully saturated rings. The molecule has 0 amide bonds. The summed E-state index contributed by atoms with van der Waals surface area (Å²) < 4.78 is 32.3. The number of anilines is 1. The summed E-state index contributed by atoms with van der Waals surface area (Å²) in [6.07, 6.45) is 0. The Kier molecular flexibility index (Phi) is 3.21. The van der Waals surface area contributed by atoms with Gasteiger partial charge in [0.05, 0.1) is 0 Å². The molecule has 0 aromatic heterocycles. The van der Waals surface area contributed by atoms with Crippen molar-refractivity contribution in [3.8, 4) is 5.75 Å². The summed E-state index contributed by atoms with van der Waals surface area (Å²) in [5, 5.41) is 0. The number of rotatable bonds is 3. The third-order valence-electron chi connectivity index (χ3n) is 1.48. The molecule has 0 aliphatic heterocycles. The lowest BCUT2D eigenvalue weighted by atomic mass is 10.2. The average Bonchev–Trinajstić information content (AvgIpc) is 2.08. The molecule has 1 atom stereocenters. The molecule has 0 saturated heterocycles. The van der Waals surface area contributed by atoms with Crippen LogP contribution in [0.1, 0.15) is 5.56 Å². The maximum atomic E-state index is 11.6. The minimum atomic E-state index is -2.20. The molecule has 4 nitrogen and oxygen atoms in total. The number of hydrogen-bond donors (Lipinski definition) is 1. The highest BCUT2D eigenvalue weighted by Crippen LogP contribution is 2.20. The third-order valence-corrected chi connectivity index (χ3v) is 2.03. The second kappa shape index (κ2) is 4.20. The van der Waals surface area contributed by atoms with Crippen LogP contribution in [-0.4, -0.2) is 8.76 Å². The quantitative estimate of drug-likeness (QED) is 0.586. The molecular formula is C7H7FNO3S-. The Morgan fingerprint density at radius 2 is 2.31 bits per heavy atom. The topological polar surface area (TPSA) is 75.4 Å². The second-order valence-electron chi connectivity index (χ2n) is 2.39. The molecule has 1 aromatic carbocycles. The van der Waals surface area contributed by atoms with Crippen molar-refractivity contribution >= 4 is 16.8 Å². The summed E-state index contributed by atoms with van der Waals surface area (Å²) in [4.78, 5) is 3.42. The van der Waals surface area contributed by atoms with Crippen LogP contribution in [0.3, 0.4) is 0 Å². The molecule has 0 radical (unpaired) electrons. The molecule has 0 spiro atoms. The Balaban J connectivity index is 2.91. The molecule has 0 aliphatic rings. The van der Waals surface area contributed by atoms with Crippen molar-refractivity contribution in [1.82, 2.24) is 0 Å². The van der Waals surface area contributed by atoms with Crippen LogP contribution in [0.4, 0.5) is 10.2 Å². The third kappa shape index (κ3) is 2.67. The van der Waals surface area contributed by atoms with Gasteiger partial charge in [-0.2, -0.15) is 0 Å². The smallest absolute Gasteiger partial charge is 0.173 e. The lowest BCUT2D eigenvalue weighted by Gasteiger charge is -2.07. The first-order valence-corrected chi connectivity index (χ1v) is 4.60. The molecular weight excluding hydrogens is 197 g/mol. The maximum Gasteiger partial charge on any atom is 0.173 e. The van der Waals surface area contributed by atoms with Gasteiger partial charge in [-0.25, -0.2) is 0 Å². The number of halogens is 1. The zero-order valence-corrected chi connectivity index (χ0v) is 7.34. The molecule has 72 valence electrons. The Morgan fingerprint density at radius 1 is 1.62 bits per heavy atom. The molecule has 1 unspecified atom stereocenters. The van der Waals surface area contributed by atoms with E-state index in [9.17, 15) is 13.3 Å². The van der Waals surface area contributed by atoms with Crippen molar-refractivity contribution in [2.75, 3.05) is 5.73 Å². The highest BCUT2D eigenvalue weighted by Gasteiger charge is 2.01. The van der Waals surface area contributed by atoms with Crippen molar-refractivity contribution < 1.29 is 18.2 Å². The van der Waals surface area contributed by atoms with Gasteiger partial charge in [-0.1, -0.05) is 17.1 Å². The van der Waals surface area contributed by atoms with Gasteiger partial charge in [-0.05, 0) is 11.6 Å². The van der Waals surface area contributed by atoms with E-state index in [1.165, 1.54) is 18.2 Å². The largest absolute Gasteiger partial charge is 0.772 e. The SMILES string of the molecule is Nc1cc(OF)ccc1CS(=O)[O-]. The van der Waals surface area contributed by atoms with Crippen molar-refractivity contribution in [3.05, 3.63) is 23.8 Å². The van der Waals surface area contributed by atoms with E-state index in [1.807, 2.05) is 0 Å². The molecule has 13 heavy (non-hydrogen) atoms. The lowest BCUT2D eigenvalue weighted by Crippen LogP contribution is -1.98. The summed E-state index contributed by atoms with van der Waals surface area (Å²) in [6, 6.07) is 3.93. The van der Waals surface area contributed by atoms with Gasteiger partial charge in [0.15, 0.2) is 5.75 Å². The zero-order valence-electron chi connectivity index (χ0n) is 6.53. The van der Waals surface area contributed by atoms with E-state index in [0.717, 1.165) is 0 Å². The van der Waals surface area contributed by atoms with E-state index < -0.39 is 11.1 Å². The van der Waals surface area contributed by atoms with Gasteiger partial charge >= 0.3 is 0 Å². The fraction of sp³-hybridized carbons (Fsp3) is 0.143. The van der Waals surface area contributed by atoms with Crippen molar-refractivity contribution in [1.29, 1.82) is 0 Å². The van der Waals surface area contributed by atoms with Crippen molar-refractivity contribution in [3.63, 3.8) is 0 Å². The number of nitrogens with two attached hydrogens (primary N) is 1. The second-order valence-corrected chi connectivity index (χ2v) is 3.28. The van der Waals surface area contributed by atoms with Crippen LogP contribution in [0.25, 0.3) is 0 Å². The Bertz CT molecular complexity index is 332. The van der Waals surface area contributed by atoms with E-state index in [1.54, 1.807) is 0 Å². The normalized spacial score (nSPS) is 12.5. The van der Waals surface area contributed by atoms with E-state index in [-0.39, 0.29) is 17.2 Å². The van der Waals surface area contributed by atoms with Crippen LogP contribution in [0, 0.1) is 0 Å². The van der Waals surface area contributed by atoms with Crippen LogP contribution in [0.15, 0.2) is 18.2 Å². The zero-order chi connectivity index (χ0) is 9.84. The lowest BCUT2D eigenvalue weighted by molar-refractivity contribution is -0.00614. The minimum absolute atomic E-state index is 0.0436. The Hall–Kier alpha value is -1.14. The highest BCUT2D eigenvalue weighted by atomic mass is 32.2. The standard InChI is InChI=1S/C7H8FNO3S/c8-12-6-2-1-5(4-13(10)11)7(9)3-6/h1-3H,4,9H2,(H,10,11)/p-1. The van der Waals surface area contributed by atoms with Gasteiger partial charge in [0.2, 0.25) is 0 Å². The molecule has 1 aromatic rings. The summed E-state index contributed by atoms with van der Waals surface area (Å²) in [6.45, 7) is 0. The van der Waals surface area contributed by atoms with Crippen molar-refractivity contribution in [2.24, 2.45) is 0 Å². The molecule has 0 heterocycles. The first-order chi connectivity index (χ1) is 6.13. The van der Waals surface area contributed by atoms with Gasteiger partial charge in [0.1, 0.15) is 0 Å². The number of benzene rings is 1. The van der Waals surface area contributed by atoms with Crippen LogP contribution in [-0.2, 0) is 16.8 Å². The molecule has 0 bridgehead atoms. The van der Waals surface area contributed by atoms with E-state index >= 15 is 0 Å². The fourth-order valence-electron chi connectivity index (χ4n) is 0.879. The van der Waals surface area contributed by atoms with Crippen molar-refractivity contribution in [2.45, 2.75) is 5.75 Å². The summed E-state index contributed by atoms with van der Waals surface area (Å²) in [5.41, 5.74) is 6.04. The highest BCUT2D eigenvalue weighted by molar-refractivity contribution is 7.78. The van der Waals surface area contributed by atoms with Gasteiger partial charge in [-0.3, -0.25) is 9.15 Å². The van der Waals surface area contributed by atoms with Crippen LogP contribution >= 0.6 is 0 Å². The first-order valence-electron chi connectivity index (χ1n) is 3.36. The van der Waals surface area contributed by atoms with E-state index in [0.29, 0.717) is 5.56 Å². The van der Waals surface area contributed by atoms with Crippen LogP contribution in [0.5, 0.6) is 5.75 Å². The average molecular weight is 204 g/mol. The van der Waals surface area contributed by atoms with Gasteiger partial charge in [0.25, 0.3) is 0 Å². The minimum Gasteiger partial charge on any atom is -0.772 e. The summed E-state index contributed by atoms with van der Waals surface area (Å²) >= 11 is -2.20. The Labute approximate surface area is 76.7 Å². The predicted molar refractivity (Wildman–Crippen MR) is 45.2 cm³/mol. The predicted octanol–water partition coefficient (Wildman–Crippen LogP) is 0.911.